The monoisotopic (exact) mass is 220 g/mol. The van der Waals surface area contributed by atoms with Crippen molar-refractivity contribution in [3.8, 4) is 0 Å². The Balaban J connectivity index is 4.17. The van der Waals surface area contributed by atoms with Gasteiger partial charge in [-0.05, 0) is 0 Å². The Labute approximate surface area is 62.3 Å². The number of hydrogen-bond donors (Lipinski definition) is 0. The van der Waals surface area contributed by atoms with Gasteiger partial charge in [-0.25, -0.2) is 8.42 Å². The molecule has 0 spiro atoms. The largest absolute Gasteiger partial charge is 0.226 e. The van der Waals surface area contributed by atoms with Crippen molar-refractivity contribution in [3.63, 3.8) is 0 Å². The van der Waals surface area contributed by atoms with Crippen LogP contribution in [-0.4, -0.2) is 17.8 Å². The zero-order valence-corrected chi connectivity index (χ0v) is 7.42. The van der Waals surface area contributed by atoms with E-state index in [4.69, 9.17) is 11.6 Å². The second-order valence-electron chi connectivity index (χ2n) is 1.21. The Morgan fingerprint density at radius 2 is 2.12 bits per heavy atom. The van der Waals surface area contributed by atoms with Crippen molar-refractivity contribution < 1.29 is 8.42 Å². The molecule has 0 aliphatic heterocycles. The van der Waals surface area contributed by atoms with Gasteiger partial charge in [0.05, 0.1) is 0 Å². The van der Waals surface area contributed by atoms with Crippen LogP contribution in [0, 0.1) is 0 Å². The van der Waals surface area contributed by atoms with Crippen molar-refractivity contribution in [2.75, 3.05) is 5.75 Å². The summed E-state index contributed by atoms with van der Waals surface area (Å²) in [7, 11) is -3.05. The molecule has 1 unspecified atom stereocenters. The molecule has 5 heteroatoms. The number of sulfone groups is 1. The predicted molar refractivity (Wildman–Crippen MR) is 38.0 cm³/mol. The van der Waals surface area contributed by atoms with Gasteiger partial charge in [0.1, 0.15) is 0 Å². The molecule has 0 rings (SSSR count). The van der Waals surface area contributed by atoms with Gasteiger partial charge in [0.15, 0.2) is 13.5 Å². The van der Waals surface area contributed by atoms with E-state index in [-0.39, 0.29) is 5.75 Å². The van der Waals surface area contributed by atoms with Crippen LogP contribution in [0.5, 0.6) is 0 Å². The van der Waals surface area contributed by atoms with E-state index < -0.39 is 13.5 Å². The Hall–Kier alpha value is 0.720. The fourth-order valence-corrected chi connectivity index (χ4v) is 1.55. The molecule has 0 fully saturated rings. The number of rotatable bonds is 2. The van der Waals surface area contributed by atoms with Crippen LogP contribution in [0.4, 0.5) is 0 Å². The maximum atomic E-state index is 10.5. The summed E-state index contributed by atoms with van der Waals surface area (Å²) in [5.41, 5.74) is 0. The summed E-state index contributed by atoms with van der Waals surface area (Å²) in [4.78, 5) is 0. The van der Waals surface area contributed by atoms with Crippen LogP contribution in [0.25, 0.3) is 0 Å². The second-order valence-corrected chi connectivity index (χ2v) is 6.33. The molecule has 0 amide bonds. The highest BCUT2D eigenvalue weighted by Gasteiger charge is 2.15. The maximum Gasteiger partial charge on any atom is 0.189 e. The standard InChI is InChI=1S/C3H6BrClO2S/c1-2-8(6,7)3(4)5/h3H,2H2,1H3. The molecular weight excluding hydrogens is 215 g/mol. The van der Waals surface area contributed by atoms with Gasteiger partial charge in [0.2, 0.25) is 0 Å². The molecule has 50 valence electrons. The Bertz CT molecular complexity index is 151. The zero-order valence-electron chi connectivity index (χ0n) is 4.27. The van der Waals surface area contributed by atoms with Crippen LogP contribution >= 0.6 is 27.5 Å². The van der Waals surface area contributed by atoms with Gasteiger partial charge in [-0.3, -0.25) is 0 Å². The minimum Gasteiger partial charge on any atom is -0.226 e. The molecule has 0 aromatic carbocycles. The summed E-state index contributed by atoms with van der Waals surface area (Å²) in [5.74, 6) is 0.0758. The van der Waals surface area contributed by atoms with Crippen molar-refractivity contribution in [2.24, 2.45) is 0 Å². The van der Waals surface area contributed by atoms with E-state index in [1.165, 1.54) is 0 Å². The van der Waals surface area contributed by atoms with E-state index in [2.05, 4.69) is 15.9 Å². The zero-order chi connectivity index (χ0) is 6.78. The molecule has 0 heterocycles. The minimum atomic E-state index is -3.05. The lowest BCUT2D eigenvalue weighted by molar-refractivity contribution is 0.600. The minimum absolute atomic E-state index is 0.0758. The van der Waals surface area contributed by atoms with E-state index in [1.54, 1.807) is 6.92 Å². The molecule has 0 aromatic heterocycles. The van der Waals surface area contributed by atoms with Crippen molar-refractivity contribution in [1.29, 1.82) is 0 Å². The highest BCUT2D eigenvalue weighted by molar-refractivity contribution is 9.11. The third-order valence-electron chi connectivity index (χ3n) is 0.674. The fraction of sp³-hybridized carbons (Fsp3) is 1.00. The van der Waals surface area contributed by atoms with E-state index in [1.807, 2.05) is 0 Å². The van der Waals surface area contributed by atoms with Crippen LogP contribution < -0.4 is 0 Å². The van der Waals surface area contributed by atoms with Gasteiger partial charge in [-0.2, -0.15) is 0 Å². The van der Waals surface area contributed by atoms with Crippen LogP contribution in [-0.2, 0) is 9.84 Å². The first-order valence-corrected chi connectivity index (χ1v) is 5.07. The SMILES string of the molecule is CCS(=O)(=O)C(Cl)Br. The molecule has 2 nitrogen and oxygen atoms in total. The first-order valence-electron chi connectivity index (χ1n) is 2.00. The van der Waals surface area contributed by atoms with Crippen LogP contribution in [0.15, 0.2) is 0 Å². The molecule has 8 heavy (non-hydrogen) atoms. The molecular formula is C3H6BrClO2S. The van der Waals surface area contributed by atoms with Gasteiger partial charge in [0, 0.05) is 5.75 Å². The molecule has 0 radical (unpaired) electrons. The highest BCUT2D eigenvalue weighted by atomic mass is 79.9. The smallest absolute Gasteiger partial charge is 0.189 e. The van der Waals surface area contributed by atoms with E-state index in [0.29, 0.717) is 0 Å². The number of alkyl halides is 2. The Kier molecular flexibility index (Phi) is 3.31. The molecule has 0 N–H and O–H groups in total. The van der Waals surface area contributed by atoms with E-state index in [0.717, 1.165) is 0 Å². The lowest BCUT2D eigenvalue weighted by atomic mass is 11.0. The third kappa shape index (κ3) is 2.33. The van der Waals surface area contributed by atoms with Gasteiger partial charge in [-0.1, -0.05) is 34.5 Å². The van der Waals surface area contributed by atoms with Crippen LogP contribution in [0.1, 0.15) is 6.92 Å². The summed E-state index contributed by atoms with van der Waals surface area (Å²) < 4.78 is 20.1. The van der Waals surface area contributed by atoms with Gasteiger partial charge in [0.25, 0.3) is 0 Å². The van der Waals surface area contributed by atoms with Gasteiger partial charge in [-0.15, -0.1) is 0 Å². The van der Waals surface area contributed by atoms with E-state index in [9.17, 15) is 8.42 Å². The lowest BCUT2D eigenvalue weighted by Crippen LogP contribution is -2.10. The molecule has 0 bridgehead atoms. The lowest BCUT2D eigenvalue weighted by Gasteiger charge is -1.97. The van der Waals surface area contributed by atoms with Gasteiger partial charge < -0.3 is 0 Å². The molecule has 0 aromatic rings. The summed E-state index contributed by atoms with van der Waals surface area (Å²) >= 11 is 7.93. The van der Waals surface area contributed by atoms with Crippen molar-refractivity contribution in [1.82, 2.24) is 0 Å². The van der Waals surface area contributed by atoms with Crippen molar-refractivity contribution >= 4 is 37.4 Å². The quantitative estimate of drug-likeness (QED) is 0.660. The van der Waals surface area contributed by atoms with Gasteiger partial charge >= 0.3 is 0 Å². The van der Waals surface area contributed by atoms with Crippen LogP contribution in [0.2, 0.25) is 0 Å². The van der Waals surface area contributed by atoms with E-state index >= 15 is 0 Å². The molecule has 0 saturated heterocycles. The first-order chi connectivity index (χ1) is 3.50. The first kappa shape index (κ1) is 8.72. The normalized spacial score (nSPS) is 15.9. The highest BCUT2D eigenvalue weighted by Crippen LogP contribution is 2.13. The number of hydrogen-bond acceptors (Lipinski definition) is 2. The fourth-order valence-electron chi connectivity index (χ4n) is 0.126. The summed E-state index contributed by atoms with van der Waals surface area (Å²) in [6.07, 6.45) is 0. The van der Waals surface area contributed by atoms with Crippen molar-refractivity contribution in [2.45, 2.75) is 10.5 Å². The molecule has 1 atom stereocenters. The summed E-state index contributed by atoms with van der Waals surface area (Å²) in [5, 5.41) is 0. The second kappa shape index (κ2) is 3.03. The summed E-state index contributed by atoms with van der Waals surface area (Å²) in [6, 6.07) is 0. The third-order valence-corrected chi connectivity index (χ3v) is 4.54. The summed E-state index contributed by atoms with van der Waals surface area (Å²) in [6.45, 7) is 1.55. The average Bonchev–Trinajstić information content (AvgIpc) is 1.67. The molecule has 0 aliphatic carbocycles. The molecule has 0 saturated carbocycles. The number of halogens is 2. The van der Waals surface area contributed by atoms with Crippen molar-refractivity contribution in [3.05, 3.63) is 0 Å². The maximum absolute atomic E-state index is 10.5. The predicted octanol–water partition coefficient (Wildman–Crippen LogP) is 1.34. The molecule has 0 aliphatic rings. The average molecular weight is 222 g/mol. The topological polar surface area (TPSA) is 34.1 Å². The Morgan fingerprint density at radius 3 is 2.12 bits per heavy atom. The Morgan fingerprint density at radius 1 is 1.75 bits per heavy atom. The van der Waals surface area contributed by atoms with Crippen LogP contribution in [0.3, 0.4) is 0 Å².